The number of morpholine rings is 1. The monoisotopic (exact) mass is 490 g/mol. The molecule has 5 rings (SSSR count). The van der Waals surface area contributed by atoms with E-state index in [-0.39, 0.29) is 17.4 Å². The van der Waals surface area contributed by atoms with E-state index in [1.54, 1.807) is 11.0 Å². The molecule has 0 spiro atoms. The molecule has 3 aliphatic rings. The number of carbonyl (C=O) groups excluding carboxylic acids is 2. The van der Waals surface area contributed by atoms with E-state index in [1.165, 1.54) is 5.56 Å². The number of hydrogen-bond donors (Lipinski definition) is 1. The molecule has 190 valence electrons. The molecule has 2 aromatic rings. The van der Waals surface area contributed by atoms with E-state index < -0.39 is 17.7 Å². The minimum atomic E-state index is -0.631. The lowest BCUT2D eigenvalue weighted by Crippen LogP contribution is -2.38. The molecule has 0 aromatic heterocycles. The number of likely N-dealkylation sites (tertiary alicyclic amines) is 1. The average Bonchev–Trinajstić information content (AvgIpc) is 3.40. The minimum absolute atomic E-state index is 0.0755. The number of ether oxygens (including phenoxy) is 2. The van der Waals surface area contributed by atoms with Gasteiger partial charge in [-0.1, -0.05) is 31.2 Å². The molecular weight excluding hydrogens is 456 g/mol. The van der Waals surface area contributed by atoms with Crippen molar-refractivity contribution in [2.45, 2.75) is 45.3 Å². The van der Waals surface area contributed by atoms with Crippen LogP contribution in [0.4, 0.5) is 0 Å². The fourth-order valence-corrected chi connectivity index (χ4v) is 5.41. The number of rotatable bonds is 7. The summed E-state index contributed by atoms with van der Waals surface area (Å²) < 4.78 is 11.2. The lowest BCUT2D eigenvalue weighted by molar-refractivity contribution is -0.140. The third kappa shape index (κ3) is 4.77. The van der Waals surface area contributed by atoms with E-state index in [0.29, 0.717) is 12.1 Å². The number of fused-ring (bicyclic) bond motifs is 1. The fraction of sp³-hybridized carbons (Fsp3) is 0.448. The van der Waals surface area contributed by atoms with Gasteiger partial charge in [0.15, 0.2) is 0 Å². The molecule has 0 aliphatic carbocycles. The highest BCUT2D eigenvalue weighted by Crippen LogP contribution is 2.40. The molecule has 1 N–H and O–H groups in total. The zero-order valence-electron chi connectivity index (χ0n) is 21.0. The van der Waals surface area contributed by atoms with Gasteiger partial charge in [-0.3, -0.25) is 14.5 Å². The number of aliphatic hydroxyl groups is 1. The smallest absolute Gasteiger partial charge is 0.295 e. The maximum atomic E-state index is 13.3. The Balaban J connectivity index is 1.48. The molecular formula is C29H34N2O5. The predicted molar refractivity (Wildman–Crippen MR) is 137 cm³/mol. The van der Waals surface area contributed by atoms with Gasteiger partial charge in [0.2, 0.25) is 0 Å². The average molecular weight is 491 g/mol. The van der Waals surface area contributed by atoms with Gasteiger partial charge >= 0.3 is 0 Å². The second-order valence-electron chi connectivity index (χ2n) is 9.85. The van der Waals surface area contributed by atoms with E-state index in [9.17, 15) is 14.7 Å². The molecule has 2 fully saturated rings. The number of benzene rings is 2. The number of aliphatic hydroxyl groups excluding tert-OH is 1. The lowest BCUT2D eigenvalue weighted by Gasteiger charge is -2.29. The van der Waals surface area contributed by atoms with Crippen molar-refractivity contribution in [2.75, 3.05) is 39.4 Å². The van der Waals surface area contributed by atoms with Crippen molar-refractivity contribution < 1.29 is 24.2 Å². The number of hydrogen-bond acceptors (Lipinski definition) is 6. The van der Waals surface area contributed by atoms with E-state index in [2.05, 4.69) is 11.8 Å². The van der Waals surface area contributed by atoms with Crippen molar-refractivity contribution in [3.05, 3.63) is 70.3 Å². The highest BCUT2D eigenvalue weighted by Gasteiger charge is 2.46. The Morgan fingerprint density at radius 3 is 2.53 bits per heavy atom. The Bertz CT molecular complexity index is 1170. The molecule has 2 aromatic carbocycles. The first-order chi connectivity index (χ1) is 17.5. The standard InChI is InChI=1S/C29H34N2O5/c1-3-20-5-7-21(8-6-20)26-25(27(32)22-9-10-24-23(18-22)17-19(2)36-24)28(33)29(34)31(26)12-4-11-30-13-15-35-16-14-30/h5-10,18-19,26,32H,3-4,11-17H2,1-2H3. The lowest BCUT2D eigenvalue weighted by atomic mass is 9.93. The van der Waals surface area contributed by atoms with Crippen LogP contribution in [-0.4, -0.2) is 72.1 Å². The van der Waals surface area contributed by atoms with Crippen LogP contribution in [0.2, 0.25) is 0 Å². The normalized spacial score (nSPS) is 23.7. The quantitative estimate of drug-likeness (QED) is 0.362. The summed E-state index contributed by atoms with van der Waals surface area (Å²) >= 11 is 0. The van der Waals surface area contributed by atoms with Crippen molar-refractivity contribution in [1.82, 2.24) is 9.80 Å². The second kappa shape index (κ2) is 10.4. The Morgan fingerprint density at radius 1 is 1.06 bits per heavy atom. The van der Waals surface area contributed by atoms with Crippen LogP contribution in [0.3, 0.4) is 0 Å². The molecule has 0 bridgehead atoms. The van der Waals surface area contributed by atoms with Crippen molar-refractivity contribution in [1.29, 1.82) is 0 Å². The van der Waals surface area contributed by atoms with Crippen LogP contribution in [-0.2, 0) is 27.2 Å². The molecule has 36 heavy (non-hydrogen) atoms. The summed E-state index contributed by atoms with van der Waals surface area (Å²) in [6, 6.07) is 12.8. The number of nitrogens with zero attached hydrogens (tertiary/aromatic N) is 2. The SMILES string of the molecule is CCc1ccc(C2C(=C(O)c3ccc4c(c3)CC(C)O4)C(=O)C(=O)N2CCCN2CCOCC2)cc1. The van der Waals surface area contributed by atoms with Gasteiger partial charge in [-0.25, -0.2) is 0 Å². The predicted octanol–water partition coefficient (Wildman–Crippen LogP) is 3.72. The highest BCUT2D eigenvalue weighted by atomic mass is 16.5. The zero-order valence-corrected chi connectivity index (χ0v) is 21.0. The van der Waals surface area contributed by atoms with E-state index in [0.717, 1.165) is 69.0 Å². The van der Waals surface area contributed by atoms with Crippen LogP contribution >= 0.6 is 0 Å². The Morgan fingerprint density at radius 2 is 1.81 bits per heavy atom. The number of aryl methyl sites for hydroxylation is 1. The number of ketones is 1. The molecule has 0 saturated carbocycles. The first kappa shape index (κ1) is 24.5. The molecule has 2 saturated heterocycles. The maximum absolute atomic E-state index is 13.3. The molecule has 2 atom stereocenters. The second-order valence-corrected chi connectivity index (χ2v) is 9.85. The van der Waals surface area contributed by atoms with Crippen molar-refractivity contribution >= 4 is 17.4 Å². The van der Waals surface area contributed by atoms with Crippen LogP contribution in [0.15, 0.2) is 48.0 Å². The minimum Gasteiger partial charge on any atom is -0.507 e. The number of Topliss-reactive ketones (excluding diaryl/α,β-unsaturated/α-hetero) is 1. The van der Waals surface area contributed by atoms with Gasteiger partial charge in [-0.15, -0.1) is 0 Å². The van der Waals surface area contributed by atoms with Crippen LogP contribution in [0.25, 0.3) is 5.76 Å². The third-order valence-corrected chi connectivity index (χ3v) is 7.39. The Kier molecular flexibility index (Phi) is 7.12. The number of carbonyl (C=O) groups is 2. The van der Waals surface area contributed by atoms with Gasteiger partial charge in [0, 0.05) is 38.2 Å². The molecule has 3 heterocycles. The summed E-state index contributed by atoms with van der Waals surface area (Å²) in [5.41, 5.74) is 3.69. The van der Waals surface area contributed by atoms with E-state index in [4.69, 9.17) is 9.47 Å². The van der Waals surface area contributed by atoms with E-state index in [1.807, 2.05) is 43.3 Å². The Hall–Kier alpha value is -3.16. The first-order valence-electron chi connectivity index (χ1n) is 12.9. The summed E-state index contributed by atoms with van der Waals surface area (Å²) in [5, 5.41) is 11.4. The zero-order chi connectivity index (χ0) is 25.2. The third-order valence-electron chi connectivity index (χ3n) is 7.39. The summed E-state index contributed by atoms with van der Waals surface area (Å²) in [6.45, 7) is 8.55. The van der Waals surface area contributed by atoms with Gasteiger partial charge in [0.25, 0.3) is 11.7 Å². The molecule has 0 radical (unpaired) electrons. The summed E-state index contributed by atoms with van der Waals surface area (Å²) in [5.74, 6) is -0.514. The van der Waals surface area contributed by atoms with Crippen LogP contribution in [0.1, 0.15) is 48.6 Å². The summed E-state index contributed by atoms with van der Waals surface area (Å²) in [4.78, 5) is 30.5. The fourth-order valence-electron chi connectivity index (χ4n) is 5.41. The van der Waals surface area contributed by atoms with E-state index >= 15 is 0 Å². The topological polar surface area (TPSA) is 79.3 Å². The van der Waals surface area contributed by atoms with Crippen molar-refractivity contribution in [3.63, 3.8) is 0 Å². The van der Waals surface area contributed by atoms with Gasteiger partial charge in [-0.05, 0) is 54.7 Å². The first-order valence-corrected chi connectivity index (χ1v) is 12.9. The van der Waals surface area contributed by atoms with Crippen molar-refractivity contribution in [2.24, 2.45) is 0 Å². The van der Waals surface area contributed by atoms with Crippen LogP contribution in [0.5, 0.6) is 5.75 Å². The van der Waals surface area contributed by atoms with Crippen LogP contribution in [0, 0.1) is 0 Å². The molecule has 1 amide bonds. The van der Waals surface area contributed by atoms with Gasteiger partial charge in [0.05, 0.1) is 24.8 Å². The summed E-state index contributed by atoms with van der Waals surface area (Å²) in [7, 11) is 0. The molecule has 7 heteroatoms. The van der Waals surface area contributed by atoms with Gasteiger partial charge in [-0.2, -0.15) is 0 Å². The molecule has 3 aliphatic heterocycles. The molecule has 7 nitrogen and oxygen atoms in total. The highest BCUT2D eigenvalue weighted by molar-refractivity contribution is 6.46. The van der Waals surface area contributed by atoms with Crippen LogP contribution < -0.4 is 4.74 Å². The summed E-state index contributed by atoms with van der Waals surface area (Å²) in [6.07, 6.45) is 2.46. The van der Waals surface area contributed by atoms with Gasteiger partial charge < -0.3 is 19.5 Å². The maximum Gasteiger partial charge on any atom is 0.295 e. The largest absolute Gasteiger partial charge is 0.507 e. The molecule has 2 unspecified atom stereocenters. The van der Waals surface area contributed by atoms with Crippen molar-refractivity contribution in [3.8, 4) is 5.75 Å². The van der Waals surface area contributed by atoms with Gasteiger partial charge in [0.1, 0.15) is 17.6 Å². The Labute approximate surface area is 212 Å². The number of amides is 1.